The van der Waals surface area contributed by atoms with Gasteiger partial charge in [-0.1, -0.05) is 98.2 Å². The molecule has 0 N–H and O–H groups in total. The minimum absolute atomic E-state index is 0.147. The molecule has 0 fully saturated rings. The number of benzene rings is 4. The van der Waals surface area contributed by atoms with Gasteiger partial charge in [0.05, 0.1) is 30.4 Å². The predicted octanol–water partition coefficient (Wildman–Crippen LogP) is 6.09. The van der Waals surface area contributed by atoms with E-state index < -0.39 is 26.3 Å². The van der Waals surface area contributed by atoms with Crippen molar-refractivity contribution in [3.8, 4) is 16.9 Å². The van der Waals surface area contributed by atoms with E-state index in [0.29, 0.717) is 11.3 Å². The summed E-state index contributed by atoms with van der Waals surface area (Å²) in [7, 11) is -4.22. The van der Waals surface area contributed by atoms with Gasteiger partial charge in [-0.2, -0.15) is 8.42 Å². The number of methoxy groups -OCH3 is 1. The van der Waals surface area contributed by atoms with Crippen molar-refractivity contribution >= 4 is 58.2 Å². The third-order valence-electron chi connectivity index (χ3n) is 6.65. The Balaban J connectivity index is 2.18. The zero-order valence-electron chi connectivity index (χ0n) is 21.8. The van der Waals surface area contributed by atoms with Gasteiger partial charge in [-0.3, -0.25) is 4.18 Å². The molecule has 4 rings (SSSR count). The molecule has 4 aromatic carbocycles. The number of hydrogen-bond donors (Lipinski definition) is 0. The van der Waals surface area contributed by atoms with Crippen LogP contribution in [0, 0.1) is 0 Å². The van der Waals surface area contributed by atoms with Crippen LogP contribution in [0.5, 0.6) is 5.75 Å². The molecule has 0 saturated carbocycles. The van der Waals surface area contributed by atoms with Crippen molar-refractivity contribution in [3.63, 3.8) is 0 Å². The van der Waals surface area contributed by atoms with Gasteiger partial charge in [-0.25, -0.2) is 0 Å². The fraction of sp³-hybridized carbons (Fsp3) is 0.286. The van der Waals surface area contributed by atoms with Crippen LogP contribution in [0.1, 0.15) is 0 Å². The van der Waals surface area contributed by atoms with Crippen molar-refractivity contribution in [2.45, 2.75) is 44.2 Å². The summed E-state index contributed by atoms with van der Waals surface area (Å²) in [5.74, 6) is 0.632. The summed E-state index contributed by atoms with van der Waals surface area (Å²) in [4.78, 5) is 0.147. The number of fused-ring (bicyclic) bond motifs is 2. The molecule has 4 aromatic rings. The first kappa shape index (κ1) is 25.6. The van der Waals surface area contributed by atoms with Crippen molar-refractivity contribution in [2.75, 3.05) is 14.2 Å². The Morgan fingerprint density at radius 1 is 0.629 bits per heavy atom. The lowest BCUT2D eigenvalue weighted by molar-refractivity contribution is 0.398. The van der Waals surface area contributed by atoms with E-state index in [0.717, 1.165) is 27.1 Å². The van der Waals surface area contributed by atoms with Crippen LogP contribution >= 0.6 is 0 Å². The van der Waals surface area contributed by atoms with Crippen LogP contribution in [0.15, 0.2) is 65.6 Å². The average molecular weight is 523 g/mol. The molecular formula is C28H34O4SSi2. The summed E-state index contributed by atoms with van der Waals surface area (Å²) in [5, 5.41) is 6.57. The Bertz CT molecular complexity index is 1550. The lowest BCUT2D eigenvalue weighted by Gasteiger charge is -2.22. The molecule has 0 aromatic heterocycles. The standard InChI is InChI=1S/C28H34O4SSi2/c1-31-25-15-9-19-17-21(34(3,4)5)11-13-23(19)27(25)28-24-14-12-22(35(6,7)8)18-20(24)10-16-26(28)33(29,30)32-2/h9-18H,1-8H3. The third-order valence-corrected chi connectivity index (χ3v) is 12.1. The fourth-order valence-electron chi connectivity index (χ4n) is 4.54. The van der Waals surface area contributed by atoms with Gasteiger partial charge < -0.3 is 4.74 Å². The lowest BCUT2D eigenvalue weighted by Crippen LogP contribution is -2.37. The molecule has 0 aliphatic rings. The molecule has 35 heavy (non-hydrogen) atoms. The first-order valence-electron chi connectivity index (χ1n) is 11.8. The highest BCUT2D eigenvalue weighted by molar-refractivity contribution is 7.87. The molecule has 0 aliphatic heterocycles. The molecule has 0 atom stereocenters. The topological polar surface area (TPSA) is 52.6 Å². The second-order valence-electron chi connectivity index (χ2n) is 11.1. The quantitative estimate of drug-likeness (QED) is 0.227. The highest BCUT2D eigenvalue weighted by atomic mass is 32.2. The van der Waals surface area contributed by atoms with Crippen LogP contribution in [-0.2, 0) is 14.3 Å². The van der Waals surface area contributed by atoms with E-state index in [1.54, 1.807) is 13.2 Å². The van der Waals surface area contributed by atoms with Gasteiger partial charge in [0, 0.05) is 11.1 Å². The van der Waals surface area contributed by atoms with Crippen molar-refractivity contribution in [2.24, 2.45) is 0 Å². The van der Waals surface area contributed by atoms with E-state index >= 15 is 0 Å². The molecule has 0 amide bonds. The zero-order valence-corrected chi connectivity index (χ0v) is 24.6. The largest absolute Gasteiger partial charge is 0.496 e. The fourth-order valence-corrected chi connectivity index (χ4v) is 7.76. The molecule has 7 heteroatoms. The molecule has 0 unspecified atom stereocenters. The summed E-state index contributed by atoms with van der Waals surface area (Å²) in [6.45, 7) is 13.9. The van der Waals surface area contributed by atoms with Crippen LogP contribution in [0.2, 0.25) is 39.3 Å². The molecule has 0 radical (unpaired) electrons. The molecule has 184 valence electrons. The molecule has 4 nitrogen and oxygen atoms in total. The van der Waals surface area contributed by atoms with E-state index in [2.05, 4.69) is 81.7 Å². The van der Waals surface area contributed by atoms with Crippen molar-refractivity contribution in [3.05, 3.63) is 60.7 Å². The first-order chi connectivity index (χ1) is 16.3. The van der Waals surface area contributed by atoms with E-state index in [-0.39, 0.29) is 4.90 Å². The third kappa shape index (κ3) is 4.70. The van der Waals surface area contributed by atoms with E-state index in [1.807, 2.05) is 12.1 Å². The minimum Gasteiger partial charge on any atom is -0.496 e. The molecule has 0 saturated heterocycles. The van der Waals surface area contributed by atoms with Crippen LogP contribution < -0.4 is 15.1 Å². The number of ether oxygens (including phenoxy) is 1. The van der Waals surface area contributed by atoms with Gasteiger partial charge in [0.1, 0.15) is 10.6 Å². The predicted molar refractivity (Wildman–Crippen MR) is 154 cm³/mol. The van der Waals surface area contributed by atoms with Crippen LogP contribution in [0.4, 0.5) is 0 Å². The number of hydrogen-bond acceptors (Lipinski definition) is 4. The highest BCUT2D eigenvalue weighted by Gasteiger charge is 2.27. The van der Waals surface area contributed by atoms with E-state index in [9.17, 15) is 8.42 Å². The second kappa shape index (κ2) is 8.89. The summed E-state index contributed by atoms with van der Waals surface area (Å²) in [6.07, 6.45) is 0. The van der Waals surface area contributed by atoms with Gasteiger partial charge >= 0.3 is 0 Å². The first-order valence-corrected chi connectivity index (χ1v) is 20.2. The SMILES string of the molecule is COc1ccc2cc([Si](C)(C)C)ccc2c1-c1c(S(=O)(=O)OC)ccc2cc([Si](C)(C)C)ccc12. The normalized spacial score (nSPS) is 12.9. The van der Waals surface area contributed by atoms with Crippen molar-refractivity contribution < 1.29 is 17.3 Å². The minimum atomic E-state index is -3.97. The molecule has 0 spiro atoms. The number of rotatable bonds is 6. The van der Waals surface area contributed by atoms with Crippen LogP contribution in [0.25, 0.3) is 32.7 Å². The van der Waals surface area contributed by atoms with Crippen LogP contribution in [0.3, 0.4) is 0 Å². The van der Waals surface area contributed by atoms with Crippen molar-refractivity contribution in [1.29, 1.82) is 0 Å². The van der Waals surface area contributed by atoms with Gasteiger partial charge in [0.15, 0.2) is 0 Å². The smallest absolute Gasteiger partial charge is 0.297 e. The average Bonchev–Trinajstić information content (AvgIpc) is 2.80. The summed E-state index contributed by atoms with van der Waals surface area (Å²) in [6, 6.07) is 20.5. The Morgan fingerprint density at radius 2 is 1.11 bits per heavy atom. The Labute approximate surface area is 211 Å². The summed E-state index contributed by atoms with van der Waals surface area (Å²) >= 11 is 0. The Morgan fingerprint density at radius 3 is 1.57 bits per heavy atom. The summed E-state index contributed by atoms with van der Waals surface area (Å²) < 4.78 is 37.1. The molecule has 0 bridgehead atoms. The van der Waals surface area contributed by atoms with E-state index in [4.69, 9.17) is 8.92 Å². The maximum absolute atomic E-state index is 13.1. The molecule has 0 aliphatic carbocycles. The summed E-state index contributed by atoms with van der Waals surface area (Å²) in [5.41, 5.74) is 1.39. The lowest BCUT2D eigenvalue weighted by atomic mass is 9.93. The van der Waals surface area contributed by atoms with Crippen molar-refractivity contribution in [1.82, 2.24) is 0 Å². The van der Waals surface area contributed by atoms with Gasteiger partial charge in [0.2, 0.25) is 0 Å². The monoisotopic (exact) mass is 522 g/mol. The van der Waals surface area contributed by atoms with Gasteiger partial charge in [-0.05, 0) is 33.7 Å². The molecular weight excluding hydrogens is 489 g/mol. The van der Waals surface area contributed by atoms with Gasteiger partial charge in [0.25, 0.3) is 10.1 Å². The van der Waals surface area contributed by atoms with Gasteiger partial charge in [-0.15, -0.1) is 0 Å². The Hall–Kier alpha value is -2.46. The molecule has 0 heterocycles. The zero-order chi connectivity index (χ0) is 25.8. The second-order valence-corrected chi connectivity index (χ2v) is 22.9. The maximum atomic E-state index is 13.1. The Kier molecular flexibility index (Phi) is 6.51. The van der Waals surface area contributed by atoms with Crippen LogP contribution in [-0.4, -0.2) is 38.8 Å². The highest BCUT2D eigenvalue weighted by Crippen LogP contribution is 2.44. The maximum Gasteiger partial charge on any atom is 0.297 e. The van der Waals surface area contributed by atoms with E-state index in [1.165, 1.54) is 17.5 Å².